The third kappa shape index (κ3) is 9.16. The summed E-state index contributed by atoms with van der Waals surface area (Å²) in [6.45, 7) is 7.46. The van der Waals surface area contributed by atoms with Crippen LogP contribution in [0.1, 0.15) is 64.5 Å². The summed E-state index contributed by atoms with van der Waals surface area (Å²) in [5.41, 5.74) is 2.09. The molecule has 0 saturated carbocycles. The molecule has 8 nitrogen and oxygen atoms in total. The van der Waals surface area contributed by atoms with Crippen LogP contribution in [0.5, 0.6) is 0 Å². The molecule has 2 aromatic carbocycles. The Balaban J connectivity index is 1.81. The van der Waals surface area contributed by atoms with E-state index in [-0.39, 0.29) is 13.0 Å². The van der Waals surface area contributed by atoms with Crippen LogP contribution >= 0.6 is 0 Å². The maximum Gasteiger partial charge on any atom is 0.408 e. The molecule has 0 spiro atoms. The zero-order valence-electron chi connectivity index (χ0n) is 23.7. The van der Waals surface area contributed by atoms with Gasteiger partial charge in [-0.2, -0.15) is 0 Å². The van der Waals surface area contributed by atoms with E-state index in [1.54, 1.807) is 20.8 Å². The summed E-state index contributed by atoms with van der Waals surface area (Å²) in [7, 11) is 1.95. The van der Waals surface area contributed by atoms with Crippen LogP contribution in [-0.4, -0.2) is 40.2 Å². The maximum atomic E-state index is 13.5. The fourth-order valence-corrected chi connectivity index (χ4v) is 4.42. The number of esters is 1. The van der Waals surface area contributed by atoms with Crippen LogP contribution in [0.25, 0.3) is 10.9 Å². The highest BCUT2D eigenvalue weighted by Gasteiger charge is 2.30. The largest absolute Gasteiger partial charge is 0.459 e. The zero-order valence-corrected chi connectivity index (χ0v) is 23.7. The zero-order chi connectivity index (χ0) is 28.4. The first-order valence-electron chi connectivity index (χ1n) is 13.6. The molecular formula is C31H41N3O5. The van der Waals surface area contributed by atoms with Gasteiger partial charge in [0, 0.05) is 30.6 Å². The average molecular weight is 536 g/mol. The van der Waals surface area contributed by atoms with Crippen molar-refractivity contribution >= 4 is 28.9 Å². The predicted octanol–water partition coefficient (Wildman–Crippen LogP) is 5.42. The van der Waals surface area contributed by atoms with Crippen LogP contribution in [0.2, 0.25) is 0 Å². The van der Waals surface area contributed by atoms with Gasteiger partial charge in [-0.3, -0.25) is 4.79 Å². The minimum Gasteiger partial charge on any atom is -0.459 e. The number of alkyl carbamates (subject to hydrolysis) is 1. The third-order valence-corrected chi connectivity index (χ3v) is 6.33. The van der Waals surface area contributed by atoms with Crippen LogP contribution in [0, 0.1) is 0 Å². The second-order valence-electron chi connectivity index (χ2n) is 10.8. The molecule has 3 rings (SSSR count). The average Bonchev–Trinajstić information content (AvgIpc) is 3.21. The van der Waals surface area contributed by atoms with Gasteiger partial charge in [-0.15, -0.1) is 0 Å². The van der Waals surface area contributed by atoms with Crippen molar-refractivity contribution < 1.29 is 23.9 Å². The quantitative estimate of drug-likeness (QED) is 0.238. The lowest BCUT2D eigenvalue weighted by atomic mass is 10.0. The molecule has 0 bridgehead atoms. The van der Waals surface area contributed by atoms with E-state index in [4.69, 9.17) is 9.47 Å². The van der Waals surface area contributed by atoms with Crippen molar-refractivity contribution in [2.24, 2.45) is 7.05 Å². The summed E-state index contributed by atoms with van der Waals surface area (Å²) >= 11 is 0. The number of hydrogen-bond donors (Lipinski definition) is 2. The molecule has 3 aromatic rings. The van der Waals surface area contributed by atoms with Gasteiger partial charge in [0.2, 0.25) is 5.91 Å². The topological polar surface area (TPSA) is 98.7 Å². The molecule has 8 heteroatoms. The molecular weight excluding hydrogens is 494 g/mol. The van der Waals surface area contributed by atoms with Gasteiger partial charge in [-0.05, 0) is 44.4 Å². The number of hydrogen-bond acceptors (Lipinski definition) is 5. The fraction of sp³-hybridized carbons (Fsp3) is 0.452. The lowest BCUT2D eigenvalue weighted by Crippen LogP contribution is -2.53. The van der Waals surface area contributed by atoms with Crippen molar-refractivity contribution in [1.82, 2.24) is 15.2 Å². The number of para-hydroxylation sites is 1. The van der Waals surface area contributed by atoms with E-state index in [0.29, 0.717) is 6.42 Å². The number of nitrogens with zero attached hydrogens (tertiary/aromatic N) is 1. The third-order valence-electron chi connectivity index (χ3n) is 6.33. The number of aryl methyl sites for hydroxylation is 1. The normalized spacial score (nSPS) is 12.9. The van der Waals surface area contributed by atoms with E-state index in [9.17, 15) is 14.4 Å². The van der Waals surface area contributed by atoms with Crippen LogP contribution < -0.4 is 10.6 Å². The standard InChI is InChI=1S/C31H41N3O5/c1-6-7-9-17-25(33-30(37)39-31(2,3)4)28(35)32-26(29(36)38-21-22-14-10-8-11-15-22)19-23-20-34(5)27-18-13-12-16-24(23)27/h8,10-16,18,20,25-26H,6-7,9,17,19,21H2,1-5H3,(H,32,35)(H,33,37)/t25-,26+/m0/s1. The molecule has 2 N–H and O–H groups in total. The molecule has 0 saturated heterocycles. The minimum absolute atomic E-state index is 0.0949. The molecule has 0 radical (unpaired) electrons. The Labute approximate surface area is 231 Å². The van der Waals surface area contributed by atoms with Crippen LogP contribution in [-0.2, 0) is 39.1 Å². The van der Waals surface area contributed by atoms with E-state index < -0.39 is 35.7 Å². The second-order valence-corrected chi connectivity index (χ2v) is 10.8. The number of rotatable bonds is 12. The van der Waals surface area contributed by atoms with Gasteiger partial charge >= 0.3 is 12.1 Å². The second kappa shape index (κ2) is 13.8. The Bertz CT molecular complexity index is 1250. The van der Waals surface area contributed by atoms with Crippen molar-refractivity contribution in [3.63, 3.8) is 0 Å². The Morgan fingerprint density at radius 2 is 1.62 bits per heavy atom. The number of aromatic nitrogens is 1. The van der Waals surface area contributed by atoms with Crippen molar-refractivity contribution in [2.45, 2.75) is 84.1 Å². The Kier molecular flexibility index (Phi) is 10.5. The summed E-state index contributed by atoms with van der Waals surface area (Å²) in [6.07, 6.45) is 4.60. The number of unbranched alkanes of at least 4 members (excludes halogenated alkanes) is 2. The summed E-state index contributed by atoms with van der Waals surface area (Å²) in [4.78, 5) is 39.3. The first-order chi connectivity index (χ1) is 18.6. The number of fused-ring (bicyclic) bond motifs is 1. The van der Waals surface area contributed by atoms with Gasteiger partial charge in [0.15, 0.2) is 0 Å². The SMILES string of the molecule is CCCCC[C@H](NC(=O)OC(C)(C)C)C(=O)N[C@H](Cc1cn(C)c2ccccc12)C(=O)OCc1ccccc1. The van der Waals surface area contributed by atoms with Crippen molar-refractivity contribution in [3.05, 3.63) is 71.9 Å². The molecule has 0 aliphatic carbocycles. The van der Waals surface area contributed by atoms with E-state index in [2.05, 4.69) is 17.6 Å². The predicted molar refractivity (Wildman–Crippen MR) is 152 cm³/mol. The van der Waals surface area contributed by atoms with Crippen LogP contribution in [0.4, 0.5) is 4.79 Å². The van der Waals surface area contributed by atoms with Crippen molar-refractivity contribution in [3.8, 4) is 0 Å². The smallest absolute Gasteiger partial charge is 0.408 e. The number of ether oxygens (including phenoxy) is 2. The number of carbonyl (C=O) groups is 3. The van der Waals surface area contributed by atoms with E-state index in [1.165, 1.54) is 0 Å². The number of nitrogens with one attached hydrogen (secondary N) is 2. The first-order valence-corrected chi connectivity index (χ1v) is 13.6. The van der Waals surface area contributed by atoms with Gasteiger partial charge in [-0.1, -0.05) is 74.7 Å². The molecule has 1 heterocycles. The van der Waals surface area contributed by atoms with E-state index in [0.717, 1.165) is 41.3 Å². The van der Waals surface area contributed by atoms with Gasteiger partial charge in [0.05, 0.1) is 0 Å². The number of amides is 2. The van der Waals surface area contributed by atoms with Crippen LogP contribution in [0.15, 0.2) is 60.8 Å². The van der Waals surface area contributed by atoms with E-state index >= 15 is 0 Å². The van der Waals surface area contributed by atoms with Gasteiger partial charge in [-0.25, -0.2) is 9.59 Å². The Morgan fingerprint density at radius 1 is 0.923 bits per heavy atom. The van der Waals surface area contributed by atoms with Crippen LogP contribution in [0.3, 0.4) is 0 Å². The maximum absolute atomic E-state index is 13.5. The first kappa shape index (κ1) is 29.7. The summed E-state index contributed by atoms with van der Waals surface area (Å²) in [6, 6.07) is 15.5. The number of carbonyl (C=O) groups excluding carboxylic acids is 3. The van der Waals surface area contributed by atoms with Gasteiger partial charge in [0.1, 0.15) is 24.3 Å². The van der Waals surface area contributed by atoms with Gasteiger partial charge in [0.25, 0.3) is 0 Å². The summed E-state index contributed by atoms with van der Waals surface area (Å²) in [5, 5.41) is 6.58. The lowest BCUT2D eigenvalue weighted by Gasteiger charge is -2.25. The minimum atomic E-state index is -0.943. The van der Waals surface area contributed by atoms with E-state index in [1.807, 2.05) is 72.4 Å². The molecule has 0 fully saturated rings. The highest BCUT2D eigenvalue weighted by molar-refractivity contribution is 5.91. The summed E-state index contributed by atoms with van der Waals surface area (Å²) in [5.74, 6) is -0.983. The van der Waals surface area contributed by atoms with Gasteiger partial charge < -0.3 is 24.7 Å². The molecule has 0 unspecified atom stereocenters. The fourth-order valence-electron chi connectivity index (χ4n) is 4.42. The molecule has 0 aliphatic rings. The molecule has 2 atom stereocenters. The van der Waals surface area contributed by atoms with Crippen molar-refractivity contribution in [1.29, 1.82) is 0 Å². The lowest BCUT2D eigenvalue weighted by molar-refractivity contribution is -0.149. The molecule has 210 valence electrons. The number of benzene rings is 2. The molecule has 39 heavy (non-hydrogen) atoms. The highest BCUT2D eigenvalue weighted by atomic mass is 16.6. The Hall–Kier alpha value is -3.81. The monoisotopic (exact) mass is 535 g/mol. The Morgan fingerprint density at radius 3 is 2.31 bits per heavy atom. The highest BCUT2D eigenvalue weighted by Crippen LogP contribution is 2.22. The van der Waals surface area contributed by atoms with Crippen molar-refractivity contribution in [2.75, 3.05) is 0 Å². The molecule has 0 aliphatic heterocycles. The molecule has 1 aromatic heterocycles. The molecule has 2 amide bonds. The summed E-state index contributed by atoms with van der Waals surface area (Å²) < 4.78 is 13.0.